The van der Waals surface area contributed by atoms with Crippen molar-refractivity contribution < 1.29 is 9.53 Å². The highest BCUT2D eigenvalue weighted by atomic mass is 127. The molecule has 1 aromatic rings. The third-order valence-electron chi connectivity index (χ3n) is 5.04. The molecule has 3 nitrogen and oxygen atoms in total. The third kappa shape index (κ3) is 2.37. The second-order valence-electron chi connectivity index (χ2n) is 5.91. The molecule has 2 bridgehead atoms. The summed E-state index contributed by atoms with van der Waals surface area (Å²) in [4.78, 5) is 14.7. The first kappa shape index (κ1) is 14.3. The van der Waals surface area contributed by atoms with Gasteiger partial charge in [0.1, 0.15) is 0 Å². The molecule has 0 aromatic heterocycles. The van der Waals surface area contributed by atoms with E-state index in [2.05, 4.69) is 58.8 Å². The van der Waals surface area contributed by atoms with Crippen LogP contribution < -0.4 is 0 Å². The van der Waals surface area contributed by atoms with Gasteiger partial charge in [0.25, 0.3) is 0 Å². The van der Waals surface area contributed by atoms with Crippen LogP contribution in [0.5, 0.6) is 0 Å². The second kappa shape index (κ2) is 5.64. The van der Waals surface area contributed by atoms with Gasteiger partial charge in [0.05, 0.1) is 13.0 Å². The van der Waals surface area contributed by atoms with E-state index in [1.807, 2.05) is 0 Å². The largest absolute Gasteiger partial charge is 0.469 e. The van der Waals surface area contributed by atoms with Crippen molar-refractivity contribution in [2.24, 2.45) is 5.92 Å². The van der Waals surface area contributed by atoms with Crippen LogP contribution in [0.15, 0.2) is 24.3 Å². The molecule has 4 heteroatoms. The fraction of sp³-hybridized carbons (Fsp3) is 0.562. The van der Waals surface area contributed by atoms with Gasteiger partial charge in [-0.05, 0) is 66.6 Å². The Bertz CT molecular complexity index is 502. The number of nitrogens with zero attached hydrogens (tertiary/aromatic N) is 1. The standard InChI is InChI=1S/C16H20INO2/c1-18-12-7-8-14(18)15(16(19)20-2)13(9-12)10-3-5-11(17)6-4-10/h3-6,12-15H,7-9H2,1-2H3/t12-,13+,14+,15+/m0/s1. The molecule has 2 fully saturated rings. The van der Waals surface area contributed by atoms with Crippen LogP contribution in [0.25, 0.3) is 0 Å². The highest BCUT2D eigenvalue weighted by Crippen LogP contribution is 2.46. The summed E-state index contributed by atoms with van der Waals surface area (Å²) in [6.07, 6.45) is 3.38. The van der Waals surface area contributed by atoms with Gasteiger partial charge in [0, 0.05) is 21.6 Å². The zero-order valence-electron chi connectivity index (χ0n) is 11.9. The van der Waals surface area contributed by atoms with E-state index in [-0.39, 0.29) is 11.9 Å². The monoisotopic (exact) mass is 385 g/mol. The molecule has 2 aliphatic heterocycles. The van der Waals surface area contributed by atoms with Crippen LogP contribution >= 0.6 is 22.6 Å². The van der Waals surface area contributed by atoms with E-state index in [1.165, 1.54) is 22.7 Å². The van der Waals surface area contributed by atoms with Gasteiger partial charge in [0.15, 0.2) is 0 Å². The summed E-state index contributed by atoms with van der Waals surface area (Å²) < 4.78 is 6.33. The summed E-state index contributed by atoms with van der Waals surface area (Å²) in [7, 11) is 3.66. The maximum atomic E-state index is 12.3. The average molecular weight is 385 g/mol. The molecule has 0 N–H and O–H groups in total. The maximum absolute atomic E-state index is 12.3. The Kier molecular flexibility index (Phi) is 4.04. The van der Waals surface area contributed by atoms with Crippen LogP contribution in [0.2, 0.25) is 0 Å². The SMILES string of the molecule is COC(=O)[C@@H]1[C@@H](c2ccc(I)cc2)C[C@@H]2CC[C@H]1N2C. The summed E-state index contributed by atoms with van der Waals surface area (Å²) in [6.45, 7) is 0. The molecule has 0 unspecified atom stereocenters. The Hall–Kier alpha value is -0.620. The molecule has 0 amide bonds. The number of benzene rings is 1. The molecule has 0 radical (unpaired) electrons. The first-order chi connectivity index (χ1) is 9.61. The number of fused-ring (bicyclic) bond motifs is 2. The number of carbonyl (C=O) groups is 1. The third-order valence-corrected chi connectivity index (χ3v) is 5.76. The highest BCUT2D eigenvalue weighted by molar-refractivity contribution is 14.1. The Morgan fingerprint density at radius 3 is 2.65 bits per heavy atom. The Labute approximate surface area is 133 Å². The summed E-state index contributed by atoms with van der Waals surface area (Å²) in [6, 6.07) is 9.56. The molecule has 0 spiro atoms. The summed E-state index contributed by atoms with van der Waals surface area (Å²) in [5.74, 6) is 0.225. The molecule has 2 heterocycles. The summed E-state index contributed by atoms with van der Waals surface area (Å²) in [5.41, 5.74) is 1.28. The quantitative estimate of drug-likeness (QED) is 0.579. The van der Waals surface area contributed by atoms with Crippen LogP contribution in [0.1, 0.15) is 30.7 Å². The van der Waals surface area contributed by atoms with Crippen molar-refractivity contribution >= 4 is 28.6 Å². The fourth-order valence-electron chi connectivity index (χ4n) is 3.98. The lowest BCUT2D eigenvalue weighted by Gasteiger charge is -2.41. The molecule has 2 aliphatic rings. The number of methoxy groups -OCH3 is 1. The predicted octanol–water partition coefficient (Wildman–Crippen LogP) is 3.03. The molecule has 4 atom stereocenters. The van der Waals surface area contributed by atoms with Gasteiger partial charge in [-0.1, -0.05) is 12.1 Å². The Balaban J connectivity index is 1.95. The number of ether oxygens (including phenoxy) is 1. The average Bonchev–Trinajstić information content (AvgIpc) is 2.70. The molecule has 0 saturated carbocycles. The number of halogens is 1. The van der Waals surface area contributed by atoms with Crippen LogP contribution in [-0.2, 0) is 9.53 Å². The minimum atomic E-state index is -0.0502. The number of piperidine rings is 1. The van der Waals surface area contributed by atoms with Crippen molar-refractivity contribution in [2.75, 3.05) is 14.2 Å². The van der Waals surface area contributed by atoms with Crippen molar-refractivity contribution in [2.45, 2.75) is 37.3 Å². The molecule has 108 valence electrons. The molecule has 2 saturated heterocycles. The summed E-state index contributed by atoms with van der Waals surface area (Å²) >= 11 is 2.32. The van der Waals surface area contributed by atoms with Crippen LogP contribution in [0, 0.1) is 9.49 Å². The normalized spacial score (nSPS) is 33.1. The number of rotatable bonds is 2. The minimum Gasteiger partial charge on any atom is -0.469 e. The highest BCUT2D eigenvalue weighted by Gasteiger charge is 2.49. The second-order valence-corrected chi connectivity index (χ2v) is 7.15. The van der Waals surface area contributed by atoms with E-state index in [9.17, 15) is 4.79 Å². The van der Waals surface area contributed by atoms with Gasteiger partial charge < -0.3 is 4.74 Å². The first-order valence-electron chi connectivity index (χ1n) is 7.17. The Morgan fingerprint density at radius 1 is 1.30 bits per heavy atom. The molecule has 20 heavy (non-hydrogen) atoms. The lowest BCUT2D eigenvalue weighted by atomic mass is 9.76. The van der Waals surface area contributed by atoms with Gasteiger partial charge in [-0.25, -0.2) is 0 Å². The predicted molar refractivity (Wildman–Crippen MR) is 86.6 cm³/mol. The lowest BCUT2D eigenvalue weighted by Crippen LogP contribution is -2.49. The van der Waals surface area contributed by atoms with Crippen molar-refractivity contribution in [3.8, 4) is 0 Å². The number of hydrogen-bond acceptors (Lipinski definition) is 3. The van der Waals surface area contributed by atoms with Crippen LogP contribution in [0.3, 0.4) is 0 Å². The van der Waals surface area contributed by atoms with Crippen molar-refractivity contribution in [3.63, 3.8) is 0 Å². The van der Waals surface area contributed by atoms with Gasteiger partial charge in [-0.3, -0.25) is 9.69 Å². The van der Waals surface area contributed by atoms with Crippen molar-refractivity contribution in [1.29, 1.82) is 0 Å². The number of carbonyl (C=O) groups excluding carboxylic acids is 1. The molecule has 3 rings (SSSR count). The van der Waals surface area contributed by atoms with Crippen LogP contribution in [0.4, 0.5) is 0 Å². The topological polar surface area (TPSA) is 29.5 Å². The molecule has 1 aromatic carbocycles. The van der Waals surface area contributed by atoms with E-state index in [0.717, 1.165) is 12.8 Å². The van der Waals surface area contributed by atoms with Gasteiger partial charge in [-0.15, -0.1) is 0 Å². The Morgan fingerprint density at radius 2 is 2.00 bits per heavy atom. The van der Waals surface area contributed by atoms with E-state index >= 15 is 0 Å². The van der Waals surface area contributed by atoms with Crippen LogP contribution in [-0.4, -0.2) is 37.1 Å². The smallest absolute Gasteiger partial charge is 0.310 e. The van der Waals surface area contributed by atoms with Gasteiger partial charge >= 0.3 is 5.97 Å². The first-order valence-corrected chi connectivity index (χ1v) is 8.25. The van der Waals surface area contributed by atoms with E-state index in [1.54, 1.807) is 0 Å². The van der Waals surface area contributed by atoms with E-state index < -0.39 is 0 Å². The molecular weight excluding hydrogens is 365 g/mol. The van der Waals surface area contributed by atoms with Crippen molar-refractivity contribution in [1.82, 2.24) is 4.90 Å². The summed E-state index contributed by atoms with van der Waals surface area (Å²) in [5, 5.41) is 0. The molecular formula is C16H20INO2. The zero-order chi connectivity index (χ0) is 14.3. The fourth-order valence-corrected chi connectivity index (χ4v) is 4.34. The maximum Gasteiger partial charge on any atom is 0.310 e. The van der Waals surface area contributed by atoms with Gasteiger partial charge in [-0.2, -0.15) is 0 Å². The van der Waals surface area contributed by atoms with Gasteiger partial charge in [0.2, 0.25) is 0 Å². The van der Waals surface area contributed by atoms with E-state index in [4.69, 9.17) is 4.74 Å². The van der Waals surface area contributed by atoms with E-state index in [0.29, 0.717) is 18.0 Å². The lowest BCUT2D eigenvalue weighted by molar-refractivity contribution is -0.150. The number of hydrogen-bond donors (Lipinski definition) is 0. The minimum absolute atomic E-state index is 0.0242. The number of esters is 1. The zero-order valence-corrected chi connectivity index (χ0v) is 14.0. The van der Waals surface area contributed by atoms with Crippen molar-refractivity contribution in [3.05, 3.63) is 33.4 Å². The molecule has 0 aliphatic carbocycles.